The molecule has 4 aromatic rings. The van der Waals surface area contributed by atoms with Gasteiger partial charge in [0.05, 0.1) is 16.9 Å². The first-order valence-corrected chi connectivity index (χ1v) is 14.3. The quantitative estimate of drug-likeness (QED) is 0.287. The summed E-state index contributed by atoms with van der Waals surface area (Å²) in [6, 6.07) is 19.0. The number of aliphatic hydroxyl groups is 1. The molecule has 33 heavy (non-hydrogen) atoms. The van der Waals surface area contributed by atoms with Gasteiger partial charge < -0.3 is 5.11 Å². The highest BCUT2D eigenvalue weighted by molar-refractivity contribution is 7.90. The second-order valence-corrected chi connectivity index (χ2v) is 13.5. The Morgan fingerprint density at radius 3 is 2.48 bits per heavy atom. The highest BCUT2D eigenvalue weighted by atomic mass is 35.5. The average molecular weight is 518 g/mol. The van der Waals surface area contributed by atoms with Crippen molar-refractivity contribution < 1.29 is 13.5 Å². The monoisotopic (exact) mass is 517 g/mol. The first kappa shape index (κ1) is 23.0. The summed E-state index contributed by atoms with van der Waals surface area (Å²) in [5.74, 6) is 0. The molecule has 8 heteroatoms. The third-order valence-corrected chi connectivity index (χ3v) is 10.7. The molecule has 4 nitrogen and oxygen atoms in total. The van der Waals surface area contributed by atoms with E-state index in [9.17, 15) is 13.5 Å². The highest BCUT2D eigenvalue weighted by Crippen LogP contribution is 2.43. The first-order chi connectivity index (χ1) is 15.6. The lowest BCUT2D eigenvalue weighted by Crippen LogP contribution is -2.31. The molecule has 1 aliphatic rings. The number of nitrogens with one attached hydrogen (secondary N) is 1. The van der Waals surface area contributed by atoms with Gasteiger partial charge in [0.1, 0.15) is 0 Å². The molecule has 0 amide bonds. The largest absolute Gasteiger partial charge is 0.385 e. The minimum atomic E-state index is -3.44. The highest BCUT2D eigenvalue weighted by Gasteiger charge is 2.38. The fraction of sp³-hybridized carbons (Fsp3) is 0.280. The molecule has 2 aromatic carbocycles. The van der Waals surface area contributed by atoms with Crippen molar-refractivity contribution in [2.75, 3.05) is 0 Å². The molecule has 0 radical (unpaired) electrons. The van der Waals surface area contributed by atoms with Crippen LogP contribution < -0.4 is 4.72 Å². The van der Waals surface area contributed by atoms with Gasteiger partial charge in [0.25, 0.3) is 0 Å². The summed E-state index contributed by atoms with van der Waals surface area (Å²) in [7, 11) is -3.44. The maximum atomic E-state index is 12.9. The van der Waals surface area contributed by atoms with Crippen molar-refractivity contribution in [2.45, 2.75) is 43.6 Å². The number of fused-ring (bicyclic) bond motifs is 1. The van der Waals surface area contributed by atoms with Gasteiger partial charge in [-0.25, -0.2) is 13.1 Å². The summed E-state index contributed by atoms with van der Waals surface area (Å²) in [6.45, 7) is 3.57. The maximum absolute atomic E-state index is 12.9. The SMILES string of the molecule is CC(C)(O)c1ccc(-c2cccc3cc(C(NS(=O)(=O)C4CC4)c4ccccc4Cl)sc23)s1. The molecule has 2 N–H and O–H groups in total. The van der Waals surface area contributed by atoms with E-state index in [2.05, 4.69) is 16.9 Å². The van der Waals surface area contributed by atoms with Crippen molar-refractivity contribution >= 4 is 54.4 Å². The Morgan fingerprint density at radius 2 is 1.82 bits per heavy atom. The van der Waals surface area contributed by atoms with Crippen molar-refractivity contribution in [3.63, 3.8) is 0 Å². The molecule has 5 rings (SSSR count). The van der Waals surface area contributed by atoms with Crippen molar-refractivity contribution in [1.82, 2.24) is 4.72 Å². The summed E-state index contributed by atoms with van der Waals surface area (Å²) < 4.78 is 29.8. The Bertz CT molecular complexity index is 1430. The molecule has 1 aliphatic carbocycles. The fourth-order valence-corrected chi connectivity index (χ4v) is 8.07. The van der Waals surface area contributed by atoms with E-state index in [-0.39, 0.29) is 5.25 Å². The van der Waals surface area contributed by atoms with Crippen LogP contribution in [-0.4, -0.2) is 18.8 Å². The Morgan fingerprint density at radius 1 is 1.06 bits per heavy atom. The van der Waals surface area contributed by atoms with Gasteiger partial charge in [-0.05, 0) is 61.9 Å². The van der Waals surface area contributed by atoms with Crippen molar-refractivity contribution in [1.29, 1.82) is 0 Å². The summed E-state index contributed by atoms with van der Waals surface area (Å²) in [5.41, 5.74) is 0.928. The number of sulfonamides is 1. The van der Waals surface area contributed by atoms with Gasteiger partial charge in [-0.2, -0.15) is 0 Å². The van der Waals surface area contributed by atoms with E-state index < -0.39 is 21.7 Å². The van der Waals surface area contributed by atoms with Crippen LogP contribution in [0.4, 0.5) is 0 Å². The molecule has 1 atom stereocenters. The van der Waals surface area contributed by atoms with E-state index >= 15 is 0 Å². The third-order valence-electron chi connectivity index (χ3n) is 5.78. The zero-order valence-corrected chi connectivity index (χ0v) is 21.4. The predicted molar refractivity (Wildman–Crippen MR) is 139 cm³/mol. The van der Waals surface area contributed by atoms with Gasteiger partial charge >= 0.3 is 0 Å². The van der Waals surface area contributed by atoms with Crippen LogP contribution >= 0.6 is 34.3 Å². The Hall–Kier alpha value is -1.74. The van der Waals surface area contributed by atoms with Crippen LogP contribution in [0.25, 0.3) is 20.5 Å². The molecular formula is C25H24ClNO3S3. The molecule has 0 spiro atoms. The number of benzene rings is 2. The summed E-state index contributed by atoms with van der Waals surface area (Å²) in [5, 5.41) is 11.6. The molecular weight excluding hydrogens is 494 g/mol. The van der Waals surface area contributed by atoms with E-state index in [1.165, 1.54) is 0 Å². The van der Waals surface area contributed by atoms with E-state index in [0.29, 0.717) is 17.9 Å². The van der Waals surface area contributed by atoms with E-state index in [1.807, 2.05) is 42.5 Å². The van der Waals surface area contributed by atoms with Crippen molar-refractivity contribution in [2.24, 2.45) is 0 Å². The van der Waals surface area contributed by atoms with Crippen LogP contribution in [0.1, 0.15) is 48.0 Å². The summed E-state index contributed by atoms with van der Waals surface area (Å²) >= 11 is 9.66. The number of hydrogen-bond acceptors (Lipinski definition) is 5. The predicted octanol–water partition coefficient (Wildman–Crippen LogP) is 6.68. The van der Waals surface area contributed by atoms with Crippen molar-refractivity contribution in [3.05, 3.63) is 81.0 Å². The van der Waals surface area contributed by atoms with E-state index in [4.69, 9.17) is 11.6 Å². The number of hydrogen-bond donors (Lipinski definition) is 2. The molecule has 1 unspecified atom stereocenters. The van der Waals surface area contributed by atoms with Crippen LogP contribution in [0.3, 0.4) is 0 Å². The molecule has 2 aromatic heterocycles. The molecule has 0 aliphatic heterocycles. The standard InChI is InChI=1S/C25H24ClNO3S3/c1-25(2,28)22-13-12-20(31-22)18-8-5-6-15-14-21(32-24(15)18)23(17-7-3-4-9-19(17)26)27-33(29,30)16-10-11-16/h3-9,12-14,16,23,27-28H,10-11H2,1-2H3. The molecule has 172 valence electrons. The normalized spacial score (nSPS) is 15.8. The molecule has 0 saturated heterocycles. The van der Waals surface area contributed by atoms with Crippen LogP contribution in [0.15, 0.2) is 60.7 Å². The minimum Gasteiger partial charge on any atom is -0.385 e. The second-order valence-electron chi connectivity index (χ2n) is 8.91. The topological polar surface area (TPSA) is 66.4 Å². The number of thiophene rings is 2. The Kier molecular flexibility index (Phi) is 5.92. The number of halogens is 1. The molecule has 1 fully saturated rings. The Labute approximate surface area is 206 Å². The molecule has 2 heterocycles. The second kappa shape index (κ2) is 8.48. The van der Waals surface area contributed by atoms with E-state index in [0.717, 1.165) is 35.8 Å². The first-order valence-electron chi connectivity index (χ1n) is 10.7. The minimum absolute atomic E-state index is 0.321. The maximum Gasteiger partial charge on any atom is 0.215 e. The van der Waals surface area contributed by atoms with Crippen LogP contribution in [-0.2, 0) is 15.6 Å². The smallest absolute Gasteiger partial charge is 0.215 e. The lowest BCUT2D eigenvalue weighted by atomic mass is 10.1. The van der Waals surface area contributed by atoms with Crippen molar-refractivity contribution in [3.8, 4) is 10.4 Å². The summed E-state index contributed by atoms with van der Waals surface area (Å²) in [4.78, 5) is 2.87. The Balaban J connectivity index is 1.62. The number of rotatable bonds is 7. The van der Waals surface area contributed by atoms with Gasteiger partial charge in [-0.1, -0.05) is 48.0 Å². The zero-order chi connectivity index (χ0) is 23.4. The lowest BCUT2D eigenvalue weighted by Gasteiger charge is -2.19. The van der Waals surface area contributed by atoms with Crippen LogP contribution in [0.5, 0.6) is 0 Å². The summed E-state index contributed by atoms with van der Waals surface area (Å²) in [6.07, 6.45) is 1.39. The van der Waals surface area contributed by atoms with Gasteiger partial charge in [0.2, 0.25) is 10.0 Å². The third kappa shape index (κ3) is 4.63. The molecule has 0 bridgehead atoms. The zero-order valence-electron chi connectivity index (χ0n) is 18.2. The van der Waals surface area contributed by atoms with Gasteiger partial charge in [0.15, 0.2) is 0 Å². The van der Waals surface area contributed by atoms with Crippen LogP contribution in [0.2, 0.25) is 5.02 Å². The average Bonchev–Trinajstić information content (AvgIpc) is 3.34. The fourth-order valence-electron chi connectivity index (χ4n) is 3.85. The van der Waals surface area contributed by atoms with Gasteiger partial charge in [0, 0.05) is 29.9 Å². The molecule has 1 saturated carbocycles. The van der Waals surface area contributed by atoms with Gasteiger partial charge in [-0.3, -0.25) is 0 Å². The lowest BCUT2D eigenvalue weighted by molar-refractivity contribution is 0.0825. The van der Waals surface area contributed by atoms with E-state index in [1.54, 1.807) is 42.6 Å². The van der Waals surface area contributed by atoms with Gasteiger partial charge in [-0.15, -0.1) is 22.7 Å². The van der Waals surface area contributed by atoms with Crippen LogP contribution in [0, 0.1) is 0 Å².